The monoisotopic (exact) mass is 276 g/mol. The Morgan fingerprint density at radius 1 is 1.25 bits per heavy atom. The lowest BCUT2D eigenvalue weighted by Crippen LogP contribution is -2.45. The molecule has 0 aliphatic carbocycles. The van der Waals surface area contributed by atoms with Gasteiger partial charge < -0.3 is 10.1 Å². The minimum Gasteiger partial charge on any atom is -0.493 e. The lowest BCUT2D eigenvalue weighted by Gasteiger charge is -2.21. The van der Waals surface area contributed by atoms with Crippen molar-refractivity contribution in [2.24, 2.45) is 0 Å². The number of carbonyl (C=O) groups is 1. The first-order valence-electron chi connectivity index (χ1n) is 7.29. The van der Waals surface area contributed by atoms with Crippen molar-refractivity contribution in [3.63, 3.8) is 0 Å². The molecule has 110 valence electrons. The zero-order valence-corrected chi connectivity index (χ0v) is 12.7. The molecule has 1 aliphatic heterocycles. The van der Waals surface area contributed by atoms with E-state index in [-0.39, 0.29) is 24.0 Å². The standard InChI is InChI=1S/C16H24N2O2/c1-10(2)17-16(19)12(4)18-11(3)13-5-6-15-14(9-13)7-8-20-15/h5-6,9-12,18H,7-8H2,1-4H3,(H,17,19). The number of fused-ring (bicyclic) bond motifs is 1. The van der Waals surface area contributed by atoms with Crippen LogP contribution in [0.5, 0.6) is 5.75 Å². The number of nitrogens with one attached hydrogen (secondary N) is 2. The Hall–Kier alpha value is -1.55. The highest BCUT2D eigenvalue weighted by Crippen LogP contribution is 2.28. The van der Waals surface area contributed by atoms with Crippen LogP contribution in [0.15, 0.2) is 18.2 Å². The van der Waals surface area contributed by atoms with Gasteiger partial charge in [-0.05, 0) is 44.9 Å². The largest absolute Gasteiger partial charge is 0.493 e. The molecule has 0 radical (unpaired) electrons. The van der Waals surface area contributed by atoms with Gasteiger partial charge in [0, 0.05) is 18.5 Å². The van der Waals surface area contributed by atoms with Gasteiger partial charge in [0.15, 0.2) is 0 Å². The van der Waals surface area contributed by atoms with Crippen molar-refractivity contribution in [1.82, 2.24) is 10.6 Å². The van der Waals surface area contributed by atoms with Gasteiger partial charge in [-0.25, -0.2) is 0 Å². The van der Waals surface area contributed by atoms with Crippen LogP contribution in [0.4, 0.5) is 0 Å². The molecular formula is C16H24N2O2. The summed E-state index contributed by atoms with van der Waals surface area (Å²) in [6, 6.07) is 6.35. The van der Waals surface area contributed by atoms with Gasteiger partial charge in [0.25, 0.3) is 0 Å². The molecule has 0 spiro atoms. The molecule has 0 fully saturated rings. The second-order valence-electron chi connectivity index (χ2n) is 5.74. The Morgan fingerprint density at radius 3 is 2.70 bits per heavy atom. The van der Waals surface area contributed by atoms with Crippen LogP contribution in [0.1, 0.15) is 44.9 Å². The molecule has 0 saturated heterocycles. The predicted octanol–water partition coefficient (Wildman–Crippen LogP) is 2.19. The molecule has 1 aromatic carbocycles. The van der Waals surface area contributed by atoms with Crippen molar-refractivity contribution >= 4 is 5.91 Å². The van der Waals surface area contributed by atoms with Crippen LogP contribution in [0.2, 0.25) is 0 Å². The van der Waals surface area contributed by atoms with Crippen LogP contribution in [-0.2, 0) is 11.2 Å². The highest BCUT2D eigenvalue weighted by Gasteiger charge is 2.18. The van der Waals surface area contributed by atoms with Crippen molar-refractivity contribution in [2.45, 2.75) is 52.2 Å². The topological polar surface area (TPSA) is 50.4 Å². The number of amides is 1. The van der Waals surface area contributed by atoms with Gasteiger partial charge in [-0.15, -0.1) is 0 Å². The first kappa shape index (κ1) is 14.9. The molecule has 1 aromatic rings. The van der Waals surface area contributed by atoms with Crippen molar-refractivity contribution in [1.29, 1.82) is 0 Å². The number of benzene rings is 1. The van der Waals surface area contributed by atoms with Crippen LogP contribution < -0.4 is 15.4 Å². The van der Waals surface area contributed by atoms with Crippen molar-refractivity contribution in [2.75, 3.05) is 6.61 Å². The lowest BCUT2D eigenvalue weighted by atomic mass is 10.0. The summed E-state index contributed by atoms with van der Waals surface area (Å²) in [5.41, 5.74) is 2.45. The molecule has 0 bridgehead atoms. The molecule has 2 N–H and O–H groups in total. The Labute approximate surface area is 120 Å². The van der Waals surface area contributed by atoms with Gasteiger partial charge in [0.2, 0.25) is 5.91 Å². The van der Waals surface area contributed by atoms with Crippen molar-refractivity contribution in [3.05, 3.63) is 29.3 Å². The summed E-state index contributed by atoms with van der Waals surface area (Å²) >= 11 is 0. The third kappa shape index (κ3) is 3.51. The number of hydrogen-bond donors (Lipinski definition) is 2. The van der Waals surface area contributed by atoms with E-state index in [1.165, 1.54) is 11.1 Å². The normalized spacial score (nSPS) is 16.4. The van der Waals surface area contributed by atoms with E-state index >= 15 is 0 Å². The molecule has 4 nitrogen and oxygen atoms in total. The molecule has 2 rings (SSSR count). The maximum atomic E-state index is 11.9. The molecule has 1 amide bonds. The quantitative estimate of drug-likeness (QED) is 0.866. The van der Waals surface area contributed by atoms with Gasteiger partial charge in [0.1, 0.15) is 5.75 Å². The molecule has 0 aromatic heterocycles. The van der Waals surface area contributed by atoms with Gasteiger partial charge >= 0.3 is 0 Å². The number of rotatable bonds is 5. The third-order valence-corrected chi connectivity index (χ3v) is 3.54. The number of hydrogen-bond acceptors (Lipinski definition) is 3. The molecule has 1 heterocycles. The highest BCUT2D eigenvalue weighted by molar-refractivity contribution is 5.81. The van der Waals surface area contributed by atoms with E-state index in [0.717, 1.165) is 18.8 Å². The number of ether oxygens (including phenoxy) is 1. The summed E-state index contributed by atoms with van der Waals surface area (Å²) in [7, 11) is 0. The summed E-state index contributed by atoms with van der Waals surface area (Å²) in [5.74, 6) is 1.03. The first-order valence-corrected chi connectivity index (χ1v) is 7.29. The fourth-order valence-corrected chi connectivity index (χ4v) is 2.43. The Kier molecular flexibility index (Phi) is 4.65. The summed E-state index contributed by atoms with van der Waals surface area (Å²) in [6.45, 7) is 8.68. The first-order chi connectivity index (χ1) is 9.47. The fourth-order valence-electron chi connectivity index (χ4n) is 2.43. The smallest absolute Gasteiger partial charge is 0.237 e. The molecule has 0 saturated carbocycles. The molecule has 2 unspecified atom stereocenters. The summed E-state index contributed by atoms with van der Waals surface area (Å²) < 4.78 is 5.51. The van der Waals surface area contributed by atoms with Gasteiger partial charge in [-0.3, -0.25) is 10.1 Å². The van der Waals surface area contributed by atoms with Crippen molar-refractivity contribution in [3.8, 4) is 5.75 Å². The number of carbonyl (C=O) groups excluding carboxylic acids is 1. The molecule has 4 heteroatoms. The second kappa shape index (κ2) is 6.27. The molecule has 20 heavy (non-hydrogen) atoms. The van der Waals surface area contributed by atoms with E-state index in [9.17, 15) is 4.79 Å². The minimum atomic E-state index is -0.211. The van der Waals surface area contributed by atoms with Gasteiger partial charge in [-0.1, -0.05) is 12.1 Å². The highest BCUT2D eigenvalue weighted by atomic mass is 16.5. The van der Waals surface area contributed by atoms with E-state index in [2.05, 4.69) is 29.7 Å². The summed E-state index contributed by atoms with van der Waals surface area (Å²) in [6.07, 6.45) is 0.972. The maximum absolute atomic E-state index is 11.9. The van der Waals surface area contributed by atoms with E-state index in [4.69, 9.17) is 4.74 Å². The zero-order chi connectivity index (χ0) is 14.7. The Morgan fingerprint density at radius 2 is 2.00 bits per heavy atom. The average molecular weight is 276 g/mol. The predicted molar refractivity (Wildman–Crippen MR) is 79.9 cm³/mol. The maximum Gasteiger partial charge on any atom is 0.237 e. The van der Waals surface area contributed by atoms with Crippen LogP contribution in [-0.4, -0.2) is 24.6 Å². The van der Waals surface area contributed by atoms with E-state index in [1.54, 1.807) is 0 Å². The van der Waals surface area contributed by atoms with Crippen LogP contribution in [0.25, 0.3) is 0 Å². The fraction of sp³-hybridized carbons (Fsp3) is 0.562. The minimum absolute atomic E-state index is 0.0383. The Balaban J connectivity index is 1.97. The lowest BCUT2D eigenvalue weighted by molar-refractivity contribution is -0.123. The van der Waals surface area contributed by atoms with E-state index in [0.29, 0.717) is 0 Å². The van der Waals surface area contributed by atoms with E-state index < -0.39 is 0 Å². The Bertz CT molecular complexity index is 485. The average Bonchev–Trinajstić information content (AvgIpc) is 2.84. The van der Waals surface area contributed by atoms with Crippen molar-refractivity contribution < 1.29 is 9.53 Å². The summed E-state index contributed by atoms with van der Waals surface area (Å²) in [5, 5.41) is 6.26. The molecular weight excluding hydrogens is 252 g/mol. The van der Waals surface area contributed by atoms with Crippen LogP contribution in [0, 0.1) is 0 Å². The van der Waals surface area contributed by atoms with Crippen LogP contribution >= 0.6 is 0 Å². The molecule has 2 atom stereocenters. The van der Waals surface area contributed by atoms with Crippen LogP contribution in [0.3, 0.4) is 0 Å². The van der Waals surface area contributed by atoms with Gasteiger partial charge in [-0.2, -0.15) is 0 Å². The zero-order valence-electron chi connectivity index (χ0n) is 12.7. The summed E-state index contributed by atoms with van der Waals surface area (Å²) in [4.78, 5) is 11.9. The second-order valence-corrected chi connectivity index (χ2v) is 5.74. The third-order valence-electron chi connectivity index (χ3n) is 3.54. The van der Waals surface area contributed by atoms with E-state index in [1.807, 2.05) is 26.8 Å². The SMILES string of the molecule is CC(C)NC(=O)C(C)NC(C)c1ccc2c(c1)CCO2. The van der Waals surface area contributed by atoms with Gasteiger partial charge in [0.05, 0.1) is 12.6 Å². The molecule has 1 aliphatic rings.